The normalized spacial score (nSPS) is 18.0. The summed E-state index contributed by atoms with van der Waals surface area (Å²) in [6, 6.07) is 9.32. The van der Waals surface area contributed by atoms with Gasteiger partial charge in [0.15, 0.2) is 5.69 Å². The topological polar surface area (TPSA) is 73.4 Å². The van der Waals surface area contributed by atoms with Gasteiger partial charge < -0.3 is 15.4 Å². The lowest BCUT2D eigenvalue weighted by Gasteiger charge is -2.13. The Bertz CT molecular complexity index is 635. The van der Waals surface area contributed by atoms with Crippen LogP contribution in [0.15, 0.2) is 36.5 Å². The zero-order valence-corrected chi connectivity index (χ0v) is 11.9. The molecule has 1 fully saturated rings. The van der Waals surface area contributed by atoms with E-state index in [0.29, 0.717) is 18.8 Å². The number of carbonyl (C=O) groups is 1. The highest BCUT2D eigenvalue weighted by Crippen LogP contribution is 2.16. The van der Waals surface area contributed by atoms with E-state index in [0.717, 1.165) is 17.9 Å². The fraction of sp³-hybridized carbons (Fsp3) is 0.333. The molecule has 6 nitrogen and oxygen atoms in total. The van der Waals surface area contributed by atoms with Gasteiger partial charge in [0, 0.05) is 25.3 Å². The first-order valence-electron chi connectivity index (χ1n) is 6.92. The minimum atomic E-state index is -0.0600. The second-order valence-corrected chi connectivity index (χ2v) is 5.14. The van der Waals surface area contributed by atoms with Crippen LogP contribution >= 0.6 is 0 Å². The van der Waals surface area contributed by atoms with E-state index in [2.05, 4.69) is 5.10 Å². The lowest BCUT2D eigenvalue weighted by molar-refractivity contribution is 0.0784. The number of amides is 1. The Balaban J connectivity index is 1.77. The molecule has 2 aromatic rings. The predicted octanol–water partition coefficient (Wildman–Crippen LogP) is 1.05. The second kappa shape index (κ2) is 5.57. The zero-order valence-electron chi connectivity index (χ0n) is 11.9. The van der Waals surface area contributed by atoms with E-state index in [1.165, 1.54) is 0 Å². The summed E-state index contributed by atoms with van der Waals surface area (Å²) in [6.07, 6.45) is 2.63. The van der Waals surface area contributed by atoms with E-state index < -0.39 is 0 Å². The largest absolute Gasteiger partial charge is 0.497 e. The summed E-state index contributed by atoms with van der Waals surface area (Å²) in [4.78, 5) is 14.1. The fourth-order valence-electron chi connectivity index (χ4n) is 2.45. The third-order valence-corrected chi connectivity index (χ3v) is 3.66. The van der Waals surface area contributed by atoms with E-state index in [4.69, 9.17) is 10.5 Å². The molecule has 1 saturated heterocycles. The number of ether oxygens (including phenoxy) is 1. The third-order valence-electron chi connectivity index (χ3n) is 3.66. The third kappa shape index (κ3) is 2.75. The quantitative estimate of drug-likeness (QED) is 0.915. The van der Waals surface area contributed by atoms with Crippen LogP contribution in [-0.4, -0.2) is 46.8 Å². The number of carbonyl (C=O) groups excluding carboxylic acids is 1. The van der Waals surface area contributed by atoms with Gasteiger partial charge in [0.05, 0.1) is 12.8 Å². The Hall–Kier alpha value is -2.34. The van der Waals surface area contributed by atoms with Crippen molar-refractivity contribution in [1.29, 1.82) is 0 Å². The number of aromatic nitrogens is 2. The summed E-state index contributed by atoms with van der Waals surface area (Å²) < 4.78 is 6.81. The van der Waals surface area contributed by atoms with Crippen molar-refractivity contribution in [1.82, 2.24) is 14.7 Å². The Morgan fingerprint density at radius 1 is 1.33 bits per heavy atom. The summed E-state index contributed by atoms with van der Waals surface area (Å²) in [6.45, 7) is 1.31. The molecular weight excluding hydrogens is 268 g/mol. The number of nitrogens with two attached hydrogens (primary N) is 1. The van der Waals surface area contributed by atoms with Gasteiger partial charge in [-0.05, 0) is 36.8 Å². The van der Waals surface area contributed by atoms with Gasteiger partial charge in [-0.2, -0.15) is 5.10 Å². The van der Waals surface area contributed by atoms with Gasteiger partial charge in [-0.1, -0.05) is 0 Å². The Labute approximate surface area is 123 Å². The van der Waals surface area contributed by atoms with Gasteiger partial charge >= 0.3 is 0 Å². The van der Waals surface area contributed by atoms with Crippen LogP contribution < -0.4 is 10.5 Å². The summed E-state index contributed by atoms with van der Waals surface area (Å²) in [5.74, 6) is 0.725. The van der Waals surface area contributed by atoms with E-state index in [1.807, 2.05) is 24.3 Å². The van der Waals surface area contributed by atoms with Crippen molar-refractivity contribution in [3.63, 3.8) is 0 Å². The van der Waals surface area contributed by atoms with E-state index in [-0.39, 0.29) is 11.9 Å². The van der Waals surface area contributed by atoms with E-state index in [1.54, 1.807) is 29.0 Å². The molecule has 1 amide bonds. The zero-order chi connectivity index (χ0) is 14.8. The number of methoxy groups -OCH3 is 1. The van der Waals surface area contributed by atoms with Crippen molar-refractivity contribution >= 4 is 5.91 Å². The maximum absolute atomic E-state index is 12.3. The van der Waals surface area contributed by atoms with Crippen LogP contribution in [0, 0.1) is 0 Å². The SMILES string of the molecule is COc1ccc(-n2ccc(C(=O)N3CC[C@H](N)C3)n2)cc1. The molecular formula is C15H18N4O2. The maximum Gasteiger partial charge on any atom is 0.274 e. The molecule has 0 bridgehead atoms. The molecule has 0 saturated carbocycles. The standard InChI is InChI=1S/C15H18N4O2/c1-21-13-4-2-12(3-5-13)19-9-7-14(17-19)15(20)18-8-6-11(16)10-18/h2-5,7,9,11H,6,8,10,16H2,1H3/t11-/m0/s1. The Kier molecular flexibility index (Phi) is 3.62. The van der Waals surface area contributed by atoms with Crippen molar-refractivity contribution < 1.29 is 9.53 Å². The van der Waals surface area contributed by atoms with Crippen molar-refractivity contribution in [2.45, 2.75) is 12.5 Å². The average Bonchev–Trinajstić information content (AvgIpc) is 3.16. The molecule has 0 unspecified atom stereocenters. The van der Waals surface area contributed by atoms with Gasteiger partial charge in [0.25, 0.3) is 5.91 Å². The minimum Gasteiger partial charge on any atom is -0.497 e. The summed E-state index contributed by atoms with van der Waals surface area (Å²) in [5.41, 5.74) is 7.16. The van der Waals surface area contributed by atoms with E-state index >= 15 is 0 Å². The number of nitrogens with zero attached hydrogens (tertiary/aromatic N) is 3. The summed E-state index contributed by atoms with van der Waals surface area (Å²) >= 11 is 0. The lowest BCUT2D eigenvalue weighted by Crippen LogP contribution is -2.32. The first-order chi connectivity index (χ1) is 10.2. The van der Waals surface area contributed by atoms with Crippen LogP contribution in [0.3, 0.4) is 0 Å². The molecule has 1 aromatic heterocycles. The van der Waals surface area contributed by atoms with Crippen LogP contribution in [0.2, 0.25) is 0 Å². The molecule has 1 atom stereocenters. The predicted molar refractivity (Wildman–Crippen MR) is 78.6 cm³/mol. The van der Waals surface area contributed by atoms with Crippen molar-refractivity contribution in [3.05, 3.63) is 42.2 Å². The van der Waals surface area contributed by atoms with Gasteiger partial charge in [-0.25, -0.2) is 4.68 Å². The molecule has 21 heavy (non-hydrogen) atoms. The average molecular weight is 286 g/mol. The molecule has 3 rings (SSSR count). The molecule has 1 aliphatic heterocycles. The molecule has 0 spiro atoms. The van der Waals surface area contributed by atoms with Crippen LogP contribution in [0.5, 0.6) is 5.75 Å². The molecule has 6 heteroatoms. The van der Waals surface area contributed by atoms with Crippen molar-refractivity contribution in [3.8, 4) is 11.4 Å². The number of hydrogen-bond donors (Lipinski definition) is 1. The number of rotatable bonds is 3. The molecule has 2 heterocycles. The highest BCUT2D eigenvalue weighted by atomic mass is 16.5. The number of likely N-dealkylation sites (tertiary alicyclic amines) is 1. The van der Waals surface area contributed by atoms with Crippen molar-refractivity contribution in [2.75, 3.05) is 20.2 Å². The molecule has 2 N–H and O–H groups in total. The molecule has 1 aromatic carbocycles. The first kappa shape index (κ1) is 13.6. The molecule has 0 aliphatic carbocycles. The van der Waals surface area contributed by atoms with E-state index in [9.17, 15) is 4.79 Å². The monoisotopic (exact) mass is 286 g/mol. The van der Waals surface area contributed by atoms with Gasteiger partial charge in [-0.3, -0.25) is 4.79 Å². The minimum absolute atomic E-state index is 0.0600. The second-order valence-electron chi connectivity index (χ2n) is 5.14. The van der Waals surface area contributed by atoms with Gasteiger partial charge in [0.2, 0.25) is 0 Å². The highest BCUT2D eigenvalue weighted by Gasteiger charge is 2.25. The Morgan fingerprint density at radius 3 is 2.71 bits per heavy atom. The van der Waals surface area contributed by atoms with Gasteiger partial charge in [-0.15, -0.1) is 0 Å². The molecule has 0 radical (unpaired) electrons. The van der Waals surface area contributed by atoms with Crippen LogP contribution in [-0.2, 0) is 0 Å². The molecule has 110 valence electrons. The fourth-order valence-corrected chi connectivity index (χ4v) is 2.45. The van der Waals surface area contributed by atoms with Gasteiger partial charge in [0.1, 0.15) is 5.75 Å². The van der Waals surface area contributed by atoms with Crippen molar-refractivity contribution in [2.24, 2.45) is 5.73 Å². The first-order valence-corrected chi connectivity index (χ1v) is 6.92. The summed E-state index contributed by atoms with van der Waals surface area (Å²) in [5, 5.41) is 4.35. The van der Waals surface area contributed by atoms with Crippen LogP contribution in [0.25, 0.3) is 5.69 Å². The maximum atomic E-state index is 12.3. The summed E-state index contributed by atoms with van der Waals surface area (Å²) in [7, 11) is 1.63. The lowest BCUT2D eigenvalue weighted by atomic mass is 10.3. The highest BCUT2D eigenvalue weighted by molar-refractivity contribution is 5.92. The molecule has 1 aliphatic rings. The Morgan fingerprint density at radius 2 is 2.10 bits per heavy atom. The van der Waals surface area contributed by atoms with Crippen LogP contribution in [0.4, 0.5) is 0 Å². The smallest absolute Gasteiger partial charge is 0.274 e. The number of benzene rings is 1. The van der Waals surface area contributed by atoms with Crippen LogP contribution in [0.1, 0.15) is 16.9 Å². The number of hydrogen-bond acceptors (Lipinski definition) is 4.